The van der Waals surface area contributed by atoms with Gasteiger partial charge < -0.3 is 10.7 Å². The Hall–Kier alpha value is -1.89. The number of nitrogens with two attached hydrogens (primary N) is 1. The van der Waals surface area contributed by atoms with Crippen LogP contribution in [0.5, 0.6) is 0 Å². The molecule has 1 aromatic carbocycles. The van der Waals surface area contributed by atoms with Crippen molar-refractivity contribution in [2.75, 3.05) is 10.7 Å². The van der Waals surface area contributed by atoms with E-state index in [1.165, 1.54) is 24.3 Å². The third-order valence-corrected chi connectivity index (χ3v) is 2.89. The van der Waals surface area contributed by atoms with E-state index < -0.39 is 11.7 Å². The number of amides is 1. The van der Waals surface area contributed by atoms with Gasteiger partial charge in [-0.05, 0) is 30.3 Å². The standard InChI is InChI=1S/C12H9Cl2FN4O/c13-8-5-7(15)1-2-9(8)17-12(20)6-3-10(14)18-11(4-6)19-16/h1-5H,16H2,(H,17,20)(H,18,19). The Labute approximate surface area is 123 Å². The lowest BCUT2D eigenvalue weighted by Gasteiger charge is -2.08. The molecule has 104 valence electrons. The lowest BCUT2D eigenvalue weighted by molar-refractivity contribution is 0.102. The number of aromatic nitrogens is 1. The molecule has 0 unspecified atom stereocenters. The number of carbonyl (C=O) groups excluding carboxylic acids is 1. The number of anilines is 2. The van der Waals surface area contributed by atoms with E-state index >= 15 is 0 Å². The van der Waals surface area contributed by atoms with Gasteiger partial charge in [0.05, 0.1) is 10.7 Å². The summed E-state index contributed by atoms with van der Waals surface area (Å²) in [6.07, 6.45) is 0. The molecule has 0 aliphatic rings. The first kappa shape index (κ1) is 14.5. The van der Waals surface area contributed by atoms with Gasteiger partial charge in [-0.15, -0.1) is 0 Å². The molecule has 0 spiro atoms. The summed E-state index contributed by atoms with van der Waals surface area (Å²) in [5.41, 5.74) is 2.81. The van der Waals surface area contributed by atoms with Crippen LogP contribution in [-0.4, -0.2) is 10.9 Å². The van der Waals surface area contributed by atoms with Crippen molar-refractivity contribution in [3.63, 3.8) is 0 Å². The zero-order chi connectivity index (χ0) is 14.7. The summed E-state index contributed by atoms with van der Waals surface area (Å²) in [7, 11) is 0. The lowest BCUT2D eigenvalue weighted by Crippen LogP contribution is -2.15. The van der Waals surface area contributed by atoms with Crippen LogP contribution in [0.1, 0.15) is 10.4 Å². The maximum Gasteiger partial charge on any atom is 0.255 e. The molecule has 2 aromatic rings. The topological polar surface area (TPSA) is 80.0 Å². The van der Waals surface area contributed by atoms with Crippen LogP contribution in [0, 0.1) is 5.82 Å². The molecular formula is C12H9Cl2FN4O. The number of carbonyl (C=O) groups is 1. The van der Waals surface area contributed by atoms with Crippen LogP contribution < -0.4 is 16.6 Å². The second-order valence-electron chi connectivity index (χ2n) is 3.79. The number of hydrogen-bond acceptors (Lipinski definition) is 4. The van der Waals surface area contributed by atoms with Crippen molar-refractivity contribution in [3.8, 4) is 0 Å². The molecule has 5 nitrogen and oxygen atoms in total. The first-order chi connectivity index (χ1) is 9.49. The Kier molecular flexibility index (Phi) is 4.39. The predicted molar refractivity (Wildman–Crippen MR) is 76.4 cm³/mol. The summed E-state index contributed by atoms with van der Waals surface area (Å²) in [6, 6.07) is 6.44. The molecule has 0 fully saturated rings. The fraction of sp³-hybridized carbons (Fsp3) is 0. The van der Waals surface area contributed by atoms with Gasteiger partial charge in [0.1, 0.15) is 16.8 Å². The quantitative estimate of drug-likeness (QED) is 0.462. The Balaban J connectivity index is 2.26. The van der Waals surface area contributed by atoms with Crippen molar-refractivity contribution in [1.82, 2.24) is 4.98 Å². The molecule has 20 heavy (non-hydrogen) atoms. The molecule has 0 saturated heterocycles. The smallest absolute Gasteiger partial charge is 0.255 e. The van der Waals surface area contributed by atoms with E-state index in [4.69, 9.17) is 29.0 Å². The molecule has 1 heterocycles. The predicted octanol–water partition coefficient (Wildman–Crippen LogP) is 3.07. The van der Waals surface area contributed by atoms with E-state index in [0.29, 0.717) is 0 Å². The number of hydrogen-bond donors (Lipinski definition) is 3. The minimum absolute atomic E-state index is 0.0932. The summed E-state index contributed by atoms with van der Waals surface area (Å²) >= 11 is 11.6. The van der Waals surface area contributed by atoms with Gasteiger partial charge >= 0.3 is 0 Å². The van der Waals surface area contributed by atoms with Gasteiger partial charge in [-0.2, -0.15) is 0 Å². The zero-order valence-electron chi connectivity index (χ0n) is 9.95. The molecule has 1 aromatic heterocycles. The minimum atomic E-state index is -0.491. The van der Waals surface area contributed by atoms with Crippen LogP contribution in [0.2, 0.25) is 10.2 Å². The van der Waals surface area contributed by atoms with Crippen molar-refractivity contribution in [3.05, 3.63) is 51.9 Å². The van der Waals surface area contributed by atoms with Gasteiger partial charge in [0.15, 0.2) is 0 Å². The van der Waals surface area contributed by atoms with Crippen molar-refractivity contribution in [1.29, 1.82) is 0 Å². The summed E-state index contributed by atoms with van der Waals surface area (Å²) in [5.74, 6) is 4.49. The molecule has 0 aliphatic carbocycles. The number of halogens is 3. The van der Waals surface area contributed by atoms with E-state index in [0.717, 1.165) is 6.07 Å². The molecule has 0 bridgehead atoms. The summed E-state index contributed by atoms with van der Waals surface area (Å²) in [4.78, 5) is 15.9. The van der Waals surface area contributed by atoms with Gasteiger partial charge in [0.2, 0.25) is 0 Å². The normalized spacial score (nSPS) is 10.2. The van der Waals surface area contributed by atoms with Crippen LogP contribution in [0.4, 0.5) is 15.9 Å². The first-order valence-corrected chi connectivity index (χ1v) is 6.16. The highest BCUT2D eigenvalue weighted by Gasteiger charge is 2.11. The Morgan fingerprint density at radius 3 is 2.65 bits per heavy atom. The van der Waals surface area contributed by atoms with E-state index in [2.05, 4.69) is 15.7 Å². The monoisotopic (exact) mass is 314 g/mol. The zero-order valence-corrected chi connectivity index (χ0v) is 11.5. The average Bonchev–Trinajstić information content (AvgIpc) is 2.41. The molecule has 8 heteroatoms. The second kappa shape index (κ2) is 6.04. The van der Waals surface area contributed by atoms with Crippen LogP contribution in [0.3, 0.4) is 0 Å². The van der Waals surface area contributed by atoms with Gasteiger partial charge in [-0.1, -0.05) is 23.2 Å². The minimum Gasteiger partial charge on any atom is -0.321 e. The number of nitrogen functional groups attached to an aromatic ring is 1. The van der Waals surface area contributed by atoms with E-state index in [1.54, 1.807) is 0 Å². The molecule has 4 N–H and O–H groups in total. The Morgan fingerprint density at radius 1 is 1.25 bits per heavy atom. The highest BCUT2D eigenvalue weighted by molar-refractivity contribution is 6.34. The fourth-order valence-electron chi connectivity index (χ4n) is 1.49. The summed E-state index contributed by atoms with van der Waals surface area (Å²) < 4.78 is 12.9. The fourth-order valence-corrected chi connectivity index (χ4v) is 1.91. The third-order valence-electron chi connectivity index (χ3n) is 2.38. The van der Waals surface area contributed by atoms with E-state index in [1.807, 2.05) is 0 Å². The van der Waals surface area contributed by atoms with E-state index in [9.17, 15) is 9.18 Å². The molecule has 0 atom stereocenters. The lowest BCUT2D eigenvalue weighted by atomic mass is 10.2. The highest BCUT2D eigenvalue weighted by atomic mass is 35.5. The maximum absolute atomic E-state index is 12.9. The van der Waals surface area contributed by atoms with Crippen molar-refractivity contribution < 1.29 is 9.18 Å². The van der Waals surface area contributed by atoms with Crippen LogP contribution in [-0.2, 0) is 0 Å². The van der Waals surface area contributed by atoms with Gasteiger partial charge in [-0.25, -0.2) is 15.2 Å². The van der Waals surface area contributed by atoms with Crippen molar-refractivity contribution in [2.45, 2.75) is 0 Å². The van der Waals surface area contributed by atoms with Crippen molar-refractivity contribution in [2.24, 2.45) is 5.84 Å². The molecule has 0 radical (unpaired) electrons. The van der Waals surface area contributed by atoms with Gasteiger partial charge in [-0.3, -0.25) is 4.79 Å². The van der Waals surface area contributed by atoms with Crippen LogP contribution in [0.15, 0.2) is 30.3 Å². The SMILES string of the molecule is NNc1cc(C(=O)Nc2ccc(F)cc2Cl)cc(Cl)n1. The van der Waals surface area contributed by atoms with E-state index in [-0.39, 0.29) is 27.2 Å². The average molecular weight is 315 g/mol. The van der Waals surface area contributed by atoms with Crippen LogP contribution >= 0.6 is 23.2 Å². The second-order valence-corrected chi connectivity index (χ2v) is 4.58. The van der Waals surface area contributed by atoms with Crippen molar-refractivity contribution >= 4 is 40.6 Å². The number of hydrazine groups is 1. The Morgan fingerprint density at radius 2 is 2.00 bits per heavy atom. The largest absolute Gasteiger partial charge is 0.321 e. The molecule has 1 amide bonds. The maximum atomic E-state index is 12.9. The Bertz CT molecular complexity index is 666. The summed E-state index contributed by atoms with van der Waals surface area (Å²) in [5, 5.41) is 2.74. The highest BCUT2D eigenvalue weighted by Crippen LogP contribution is 2.23. The summed E-state index contributed by atoms with van der Waals surface area (Å²) in [6.45, 7) is 0. The third kappa shape index (κ3) is 3.36. The number of rotatable bonds is 3. The molecule has 0 saturated carbocycles. The number of nitrogens with zero attached hydrogens (tertiary/aromatic N) is 1. The molecule has 0 aliphatic heterocycles. The number of pyridine rings is 1. The number of nitrogens with one attached hydrogen (secondary N) is 2. The molecule has 2 rings (SSSR count). The van der Waals surface area contributed by atoms with Gasteiger partial charge in [0.25, 0.3) is 5.91 Å². The number of benzene rings is 1. The molecular weight excluding hydrogens is 306 g/mol. The van der Waals surface area contributed by atoms with Gasteiger partial charge in [0, 0.05) is 5.56 Å². The first-order valence-electron chi connectivity index (χ1n) is 5.40. The van der Waals surface area contributed by atoms with Crippen LogP contribution in [0.25, 0.3) is 0 Å².